The first-order valence-corrected chi connectivity index (χ1v) is 11.4. The number of methoxy groups -OCH3 is 1. The summed E-state index contributed by atoms with van der Waals surface area (Å²) in [7, 11) is 1.49. The number of phenolic OH excluding ortho intramolecular Hbond substituents is 1. The minimum absolute atomic E-state index is 0.00920. The lowest BCUT2D eigenvalue weighted by Crippen LogP contribution is -2.36. The van der Waals surface area contributed by atoms with Gasteiger partial charge in [-0.05, 0) is 41.5 Å². The standard InChI is InChI=1S/C26H19ClN2O3S/c1-32-22-9-5-8-18(24(22)30)14-23-25(31)29-21(17-10-12-19(27)13-11-17)15-20(28-26(29)33-23)16-6-3-2-4-7-16/h2-15,21,30H,1H3/b23-14+. The van der Waals surface area contributed by atoms with Gasteiger partial charge < -0.3 is 9.84 Å². The lowest BCUT2D eigenvalue weighted by Gasteiger charge is -2.19. The number of para-hydroxylation sites is 1. The zero-order chi connectivity index (χ0) is 22.9. The molecule has 7 heteroatoms. The van der Waals surface area contributed by atoms with E-state index in [2.05, 4.69) is 0 Å². The van der Waals surface area contributed by atoms with Crippen molar-refractivity contribution < 1.29 is 9.84 Å². The molecular weight excluding hydrogens is 456 g/mol. The average Bonchev–Trinajstić information content (AvgIpc) is 3.16. The summed E-state index contributed by atoms with van der Waals surface area (Å²) in [6.07, 6.45) is 3.67. The fourth-order valence-electron chi connectivity index (χ4n) is 3.81. The maximum atomic E-state index is 13.5. The van der Waals surface area contributed by atoms with E-state index in [4.69, 9.17) is 21.3 Å². The Balaban J connectivity index is 1.73. The molecule has 4 aromatic rings. The third kappa shape index (κ3) is 3.99. The van der Waals surface area contributed by atoms with Gasteiger partial charge in [0.2, 0.25) is 0 Å². The van der Waals surface area contributed by atoms with Crippen molar-refractivity contribution in [2.24, 2.45) is 4.99 Å². The molecule has 5 nitrogen and oxygen atoms in total. The van der Waals surface area contributed by atoms with Crippen molar-refractivity contribution in [1.82, 2.24) is 4.57 Å². The van der Waals surface area contributed by atoms with Crippen molar-refractivity contribution >= 4 is 34.7 Å². The van der Waals surface area contributed by atoms with Gasteiger partial charge in [-0.2, -0.15) is 0 Å². The molecule has 0 spiro atoms. The van der Waals surface area contributed by atoms with Crippen LogP contribution in [0.3, 0.4) is 0 Å². The maximum absolute atomic E-state index is 13.5. The zero-order valence-corrected chi connectivity index (χ0v) is 19.2. The van der Waals surface area contributed by atoms with E-state index in [1.807, 2.05) is 60.7 Å². The van der Waals surface area contributed by atoms with Gasteiger partial charge in [-0.3, -0.25) is 9.36 Å². The van der Waals surface area contributed by atoms with Crippen LogP contribution in [-0.2, 0) is 0 Å². The first-order valence-electron chi connectivity index (χ1n) is 10.3. The van der Waals surface area contributed by atoms with Crippen molar-refractivity contribution in [1.29, 1.82) is 0 Å². The predicted octanol–water partition coefficient (Wildman–Crippen LogP) is 4.37. The van der Waals surface area contributed by atoms with Gasteiger partial charge in [0.15, 0.2) is 16.3 Å². The van der Waals surface area contributed by atoms with Gasteiger partial charge in [0, 0.05) is 10.6 Å². The van der Waals surface area contributed by atoms with Gasteiger partial charge in [0.25, 0.3) is 5.56 Å². The number of hydrogen-bond donors (Lipinski definition) is 1. The number of aromatic nitrogens is 1. The molecule has 164 valence electrons. The number of allylic oxidation sites excluding steroid dienone is 1. The van der Waals surface area contributed by atoms with Gasteiger partial charge >= 0.3 is 0 Å². The number of hydrogen-bond acceptors (Lipinski definition) is 5. The molecule has 1 unspecified atom stereocenters. The molecule has 0 bridgehead atoms. The number of ether oxygens (including phenoxy) is 1. The third-order valence-electron chi connectivity index (χ3n) is 5.46. The Kier molecular flexibility index (Phi) is 5.62. The number of fused-ring (bicyclic) bond motifs is 1. The summed E-state index contributed by atoms with van der Waals surface area (Å²) in [5, 5.41) is 11.1. The highest BCUT2D eigenvalue weighted by Gasteiger charge is 2.22. The smallest absolute Gasteiger partial charge is 0.271 e. The number of phenols is 1. The maximum Gasteiger partial charge on any atom is 0.271 e. The van der Waals surface area contributed by atoms with Crippen LogP contribution >= 0.6 is 22.9 Å². The van der Waals surface area contributed by atoms with Crippen LogP contribution in [0.5, 0.6) is 11.5 Å². The Morgan fingerprint density at radius 3 is 2.55 bits per heavy atom. The van der Waals surface area contributed by atoms with Crippen LogP contribution in [0.25, 0.3) is 11.8 Å². The second-order valence-electron chi connectivity index (χ2n) is 7.49. The van der Waals surface area contributed by atoms with Crippen LogP contribution in [0.2, 0.25) is 5.02 Å². The van der Waals surface area contributed by atoms with E-state index >= 15 is 0 Å². The van der Waals surface area contributed by atoms with Crippen LogP contribution in [0.15, 0.2) is 88.7 Å². The van der Waals surface area contributed by atoms with E-state index in [0.717, 1.165) is 16.8 Å². The van der Waals surface area contributed by atoms with Gasteiger partial charge in [-0.25, -0.2) is 4.99 Å². The van der Waals surface area contributed by atoms with Crippen LogP contribution < -0.4 is 19.6 Å². The lowest BCUT2D eigenvalue weighted by molar-refractivity contribution is 0.373. The van der Waals surface area contributed by atoms with Crippen molar-refractivity contribution in [3.8, 4) is 11.5 Å². The molecule has 5 rings (SSSR count). The molecule has 1 aromatic heterocycles. The van der Waals surface area contributed by atoms with Gasteiger partial charge in [-0.1, -0.05) is 77.5 Å². The minimum atomic E-state index is -0.338. The quantitative estimate of drug-likeness (QED) is 0.477. The van der Waals surface area contributed by atoms with Crippen LogP contribution in [0.4, 0.5) is 0 Å². The summed E-state index contributed by atoms with van der Waals surface area (Å²) < 4.78 is 7.35. The average molecular weight is 475 g/mol. The molecule has 1 aliphatic rings. The molecule has 1 atom stereocenters. The second-order valence-corrected chi connectivity index (χ2v) is 8.94. The highest BCUT2D eigenvalue weighted by atomic mass is 35.5. The summed E-state index contributed by atoms with van der Waals surface area (Å²) in [6.45, 7) is 0. The molecule has 33 heavy (non-hydrogen) atoms. The number of thiazole rings is 1. The molecule has 1 N–H and O–H groups in total. The van der Waals surface area contributed by atoms with Crippen molar-refractivity contribution in [3.05, 3.63) is 120 Å². The Morgan fingerprint density at radius 1 is 1.06 bits per heavy atom. The zero-order valence-electron chi connectivity index (χ0n) is 17.6. The Labute approximate surface area is 198 Å². The van der Waals surface area contributed by atoms with Crippen molar-refractivity contribution in [2.45, 2.75) is 6.04 Å². The summed E-state index contributed by atoms with van der Waals surface area (Å²) >= 11 is 7.39. The Bertz CT molecular complexity index is 1540. The van der Waals surface area contributed by atoms with Gasteiger partial charge in [0.1, 0.15) is 0 Å². The normalized spacial score (nSPS) is 15.5. The van der Waals surface area contributed by atoms with E-state index < -0.39 is 0 Å². The van der Waals surface area contributed by atoms with E-state index in [1.165, 1.54) is 18.4 Å². The van der Waals surface area contributed by atoms with Crippen molar-refractivity contribution in [3.63, 3.8) is 0 Å². The van der Waals surface area contributed by atoms with Gasteiger partial charge in [-0.15, -0.1) is 0 Å². The van der Waals surface area contributed by atoms with Crippen LogP contribution in [0.1, 0.15) is 22.7 Å². The molecule has 0 saturated heterocycles. The summed E-state index contributed by atoms with van der Waals surface area (Å²) in [4.78, 5) is 18.9. The summed E-state index contributed by atoms with van der Waals surface area (Å²) in [6, 6.07) is 22.2. The number of aromatic hydroxyl groups is 1. The first-order chi connectivity index (χ1) is 16.0. The molecule has 0 aliphatic carbocycles. The van der Waals surface area contributed by atoms with E-state index in [9.17, 15) is 9.90 Å². The molecule has 0 fully saturated rings. The molecule has 0 amide bonds. The highest BCUT2D eigenvalue weighted by Crippen LogP contribution is 2.30. The molecule has 3 aromatic carbocycles. The monoisotopic (exact) mass is 474 g/mol. The van der Waals surface area contributed by atoms with Gasteiger partial charge in [0.05, 0.1) is 23.4 Å². The lowest BCUT2D eigenvalue weighted by atomic mass is 10.0. The highest BCUT2D eigenvalue weighted by molar-refractivity contribution is 7.07. The largest absolute Gasteiger partial charge is 0.504 e. The van der Waals surface area contributed by atoms with E-state index in [1.54, 1.807) is 28.8 Å². The number of halogens is 1. The van der Waals surface area contributed by atoms with Crippen LogP contribution in [-0.4, -0.2) is 16.8 Å². The molecule has 2 heterocycles. The second kappa shape index (κ2) is 8.73. The number of nitrogens with zero attached hydrogens (tertiary/aromatic N) is 2. The first kappa shape index (κ1) is 21.2. The minimum Gasteiger partial charge on any atom is -0.504 e. The SMILES string of the molecule is COc1cccc(/C=c2/sc3n(c2=O)C(c2ccc(Cl)cc2)C=C(c2ccccc2)N=3)c1O. The van der Waals surface area contributed by atoms with E-state index in [0.29, 0.717) is 25.7 Å². The molecule has 0 saturated carbocycles. The fourth-order valence-corrected chi connectivity index (χ4v) is 4.94. The topological polar surface area (TPSA) is 63.8 Å². The molecule has 0 radical (unpaired) electrons. The fraction of sp³-hybridized carbons (Fsp3) is 0.0769. The third-order valence-corrected chi connectivity index (χ3v) is 6.70. The van der Waals surface area contributed by atoms with Crippen LogP contribution in [0, 0.1) is 0 Å². The molecule has 1 aliphatic heterocycles. The van der Waals surface area contributed by atoms with E-state index in [-0.39, 0.29) is 17.4 Å². The number of rotatable bonds is 4. The van der Waals surface area contributed by atoms with Crippen molar-refractivity contribution in [2.75, 3.05) is 7.11 Å². The summed E-state index contributed by atoms with van der Waals surface area (Å²) in [5.41, 5.74) is 3.03. The molecular formula is C26H19ClN2O3S. The number of benzene rings is 3. The Morgan fingerprint density at radius 2 is 1.82 bits per heavy atom. The Hall–Kier alpha value is -3.61. The summed E-state index contributed by atoms with van der Waals surface area (Å²) in [5.74, 6) is 0.340. The predicted molar refractivity (Wildman–Crippen MR) is 132 cm³/mol.